The number of nitrogens with zero attached hydrogens (tertiary/aromatic N) is 3. The summed E-state index contributed by atoms with van der Waals surface area (Å²) in [6.45, 7) is 0. The highest BCUT2D eigenvalue weighted by atomic mass is 19.1. The van der Waals surface area contributed by atoms with Crippen LogP contribution in [0.1, 0.15) is 10.4 Å². The van der Waals surface area contributed by atoms with Gasteiger partial charge in [0.05, 0.1) is 18.0 Å². The number of methoxy groups -OCH3 is 1. The van der Waals surface area contributed by atoms with Gasteiger partial charge in [-0.3, -0.25) is 4.79 Å². The van der Waals surface area contributed by atoms with Gasteiger partial charge in [-0.1, -0.05) is 18.2 Å². The lowest BCUT2D eigenvalue weighted by atomic mass is 10.1. The number of ether oxygens (including phenoxy) is 1. The molecule has 0 saturated carbocycles. The van der Waals surface area contributed by atoms with E-state index in [1.165, 1.54) is 36.2 Å². The van der Waals surface area contributed by atoms with Crippen LogP contribution >= 0.6 is 0 Å². The molecule has 0 bridgehead atoms. The second-order valence-corrected chi connectivity index (χ2v) is 6.20. The lowest BCUT2D eigenvalue weighted by Gasteiger charge is -2.06. The van der Waals surface area contributed by atoms with Crippen LogP contribution in [0.15, 0.2) is 54.7 Å². The van der Waals surface area contributed by atoms with Crippen LogP contribution in [0.2, 0.25) is 0 Å². The zero-order valence-electron chi connectivity index (χ0n) is 15.6. The summed E-state index contributed by atoms with van der Waals surface area (Å²) in [5.74, 6) is -1.44. The molecule has 0 saturated heterocycles. The van der Waals surface area contributed by atoms with E-state index in [4.69, 9.17) is 4.74 Å². The molecule has 0 atom stereocenters. The van der Waals surface area contributed by atoms with Gasteiger partial charge in [0, 0.05) is 24.4 Å². The van der Waals surface area contributed by atoms with Crippen LogP contribution in [-0.2, 0) is 0 Å². The van der Waals surface area contributed by atoms with Crippen LogP contribution in [0, 0.1) is 11.6 Å². The first-order chi connectivity index (χ1) is 14.0. The Morgan fingerprint density at radius 1 is 1.07 bits per heavy atom. The van der Waals surface area contributed by atoms with E-state index in [0.29, 0.717) is 27.7 Å². The molecular weight excluding hydrogens is 378 g/mol. The fourth-order valence-corrected chi connectivity index (χ4v) is 3.18. The standard InChI is InChI=1S/C21H16F2N4O2/c1-24-20(28)13-8-6-12(7-9-13)18-17-16(10-11-25-21(17)29-2)27(26-18)19-14(22)4-3-5-15(19)23/h3-11H,1-2H3,(H,24,28). The van der Waals surface area contributed by atoms with Gasteiger partial charge in [-0.15, -0.1) is 0 Å². The average Bonchev–Trinajstić information content (AvgIpc) is 3.13. The number of carbonyl (C=O) groups is 1. The monoisotopic (exact) mass is 394 g/mol. The predicted molar refractivity (Wildman–Crippen MR) is 104 cm³/mol. The number of halogens is 2. The molecule has 146 valence electrons. The van der Waals surface area contributed by atoms with Gasteiger partial charge in [-0.2, -0.15) is 5.10 Å². The number of aromatic nitrogens is 3. The number of para-hydroxylation sites is 1. The highest BCUT2D eigenvalue weighted by Gasteiger charge is 2.22. The molecule has 0 aliphatic rings. The molecule has 1 amide bonds. The molecule has 4 aromatic rings. The van der Waals surface area contributed by atoms with Crippen molar-refractivity contribution in [2.75, 3.05) is 14.2 Å². The first-order valence-electron chi connectivity index (χ1n) is 8.73. The van der Waals surface area contributed by atoms with Crippen molar-refractivity contribution in [1.29, 1.82) is 0 Å². The Labute approximate surface area is 164 Å². The molecule has 0 unspecified atom stereocenters. The number of amides is 1. The molecule has 2 aromatic heterocycles. The normalized spacial score (nSPS) is 10.9. The highest BCUT2D eigenvalue weighted by Crippen LogP contribution is 2.35. The van der Waals surface area contributed by atoms with Gasteiger partial charge >= 0.3 is 0 Å². The number of rotatable bonds is 4. The van der Waals surface area contributed by atoms with Crippen LogP contribution in [-0.4, -0.2) is 34.8 Å². The van der Waals surface area contributed by atoms with E-state index in [2.05, 4.69) is 15.4 Å². The minimum Gasteiger partial charge on any atom is -0.480 e. The first kappa shape index (κ1) is 18.5. The summed E-state index contributed by atoms with van der Waals surface area (Å²) in [5.41, 5.74) is 1.69. The van der Waals surface area contributed by atoms with Gasteiger partial charge in [0.1, 0.15) is 11.4 Å². The number of hydrogen-bond acceptors (Lipinski definition) is 4. The summed E-state index contributed by atoms with van der Waals surface area (Å²) in [7, 11) is 3.01. The van der Waals surface area contributed by atoms with E-state index >= 15 is 0 Å². The third-order valence-corrected chi connectivity index (χ3v) is 4.55. The van der Waals surface area contributed by atoms with E-state index in [1.807, 2.05) is 0 Å². The lowest BCUT2D eigenvalue weighted by molar-refractivity contribution is 0.0963. The van der Waals surface area contributed by atoms with Crippen molar-refractivity contribution in [3.8, 4) is 22.8 Å². The Bertz CT molecular complexity index is 1200. The van der Waals surface area contributed by atoms with Crippen LogP contribution in [0.25, 0.3) is 27.8 Å². The summed E-state index contributed by atoms with van der Waals surface area (Å²) < 4.78 is 35.5. The van der Waals surface area contributed by atoms with Gasteiger partial charge in [-0.05, 0) is 30.3 Å². The molecule has 6 nitrogen and oxygen atoms in total. The van der Waals surface area contributed by atoms with E-state index in [1.54, 1.807) is 37.4 Å². The summed E-state index contributed by atoms with van der Waals surface area (Å²) in [6.07, 6.45) is 1.48. The molecular formula is C21H16F2N4O2. The second-order valence-electron chi connectivity index (χ2n) is 6.20. The van der Waals surface area contributed by atoms with Crippen molar-refractivity contribution in [1.82, 2.24) is 20.1 Å². The van der Waals surface area contributed by atoms with Gasteiger partial charge < -0.3 is 10.1 Å². The molecule has 0 radical (unpaired) electrons. The average molecular weight is 394 g/mol. The molecule has 2 heterocycles. The number of carbonyl (C=O) groups excluding carboxylic acids is 1. The second kappa shape index (κ2) is 7.31. The molecule has 4 rings (SSSR count). The Hall–Kier alpha value is -3.81. The van der Waals surface area contributed by atoms with Crippen molar-refractivity contribution in [2.45, 2.75) is 0 Å². The Morgan fingerprint density at radius 3 is 2.38 bits per heavy atom. The van der Waals surface area contributed by atoms with Crippen LogP contribution in [0.3, 0.4) is 0 Å². The van der Waals surface area contributed by atoms with E-state index in [-0.39, 0.29) is 17.5 Å². The molecule has 0 aliphatic heterocycles. The topological polar surface area (TPSA) is 69.0 Å². The molecule has 29 heavy (non-hydrogen) atoms. The number of benzene rings is 2. The molecule has 0 aliphatic carbocycles. The summed E-state index contributed by atoms with van der Waals surface area (Å²) >= 11 is 0. The van der Waals surface area contributed by atoms with Crippen molar-refractivity contribution in [3.63, 3.8) is 0 Å². The fourth-order valence-electron chi connectivity index (χ4n) is 3.18. The van der Waals surface area contributed by atoms with Crippen LogP contribution in [0.5, 0.6) is 5.88 Å². The first-order valence-corrected chi connectivity index (χ1v) is 8.73. The van der Waals surface area contributed by atoms with Gasteiger partial charge in [0.15, 0.2) is 11.6 Å². The number of hydrogen-bond donors (Lipinski definition) is 1. The van der Waals surface area contributed by atoms with Crippen molar-refractivity contribution in [2.24, 2.45) is 0 Å². The predicted octanol–water partition coefficient (Wildman–Crippen LogP) is 3.73. The van der Waals surface area contributed by atoms with Crippen molar-refractivity contribution in [3.05, 3.63) is 71.9 Å². The number of pyridine rings is 1. The zero-order valence-corrected chi connectivity index (χ0v) is 15.6. The quantitative estimate of drug-likeness (QED) is 0.573. The minimum absolute atomic E-state index is 0.223. The maximum absolute atomic E-state index is 14.4. The zero-order chi connectivity index (χ0) is 20.5. The molecule has 2 aromatic carbocycles. The third-order valence-electron chi connectivity index (χ3n) is 4.55. The third kappa shape index (κ3) is 3.08. The van der Waals surface area contributed by atoms with E-state index in [9.17, 15) is 13.6 Å². The van der Waals surface area contributed by atoms with Gasteiger partial charge in [0.2, 0.25) is 5.88 Å². The van der Waals surface area contributed by atoms with E-state index in [0.717, 1.165) is 0 Å². The van der Waals surface area contributed by atoms with Crippen LogP contribution < -0.4 is 10.1 Å². The summed E-state index contributed by atoms with van der Waals surface area (Å²) in [5, 5.41) is 7.53. The summed E-state index contributed by atoms with van der Waals surface area (Å²) in [4.78, 5) is 16.0. The summed E-state index contributed by atoms with van der Waals surface area (Å²) in [6, 6.07) is 11.9. The molecule has 0 fully saturated rings. The molecule has 1 N–H and O–H groups in total. The maximum Gasteiger partial charge on any atom is 0.251 e. The Kier molecular flexibility index (Phi) is 4.67. The molecule has 8 heteroatoms. The lowest BCUT2D eigenvalue weighted by Crippen LogP contribution is -2.17. The largest absolute Gasteiger partial charge is 0.480 e. The van der Waals surface area contributed by atoms with E-state index < -0.39 is 11.6 Å². The fraction of sp³-hybridized carbons (Fsp3) is 0.0952. The van der Waals surface area contributed by atoms with Gasteiger partial charge in [0.25, 0.3) is 5.91 Å². The highest BCUT2D eigenvalue weighted by molar-refractivity contribution is 5.99. The Balaban J connectivity index is 1.99. The van der Waals surface area contributed by atoms with Crippen molar-refractivity contribution < 1.29 is 18.3 Å². The smallest absolute Gasteiger partial charge is 0.251 e. The van der Waals surface area contributed by atoms with Gasteiger partial charge in [-0.25, -0.2) is 18.4 Å². The van der Waals surface area contributed by atoms with Crippen LogP contribution in [0.4, 0.5) is 8.78 Å². The molecule has 0 spiro atoms. The maximum atomic E-state index is 14.4. The SMILES string of the molecule is CNC(=O)c1ccc(-c2nn(-c3c(F)cccc3F)c3ccnc(OC)c23)cc1. The number of nitrogens with one attached hydrogen (secondary N) is 1. The van der Waals surface area contributed by atoms with Crippen molar-refractivity contribution >= 4 is 16.8 Å². The minimum atomic E-state index is -0.744. The number of fused-ring (bicyclic) bond motifs is 1. The Morgan fingerprint density at radius 2 is 1.76 bits per heavy atom.